The largest absolute Gasteiger partial charge is 0.465 e. The van der Waals surface area contributed by atoms with Gasteiger partial charge in [-0.25, -0.2) is 17.6 Å². The van der Waals surface area contributed by atoms with Gasteiger partial charge in [0.05, 0.1) is 35.8 Å². The Balaban J connectivity index is 1.98. The summed E-state index contributed by atoms with van der Waals surface area (Å²) in [6, 6.07) is 16.7. The highest BCUT2D eigenvalue weighted by Crippen LogP contribution is 2.29. The fraction of sp³-hybridized carbons (Fsp3) is 0.432. The number of para-hydroxylation sites is 1. The normalized spacial score (nSPS) is 13.6. The van der Waals surface area contributed by atoms with E-state index in [1.807, 2.05) is 32.0 Å². The van der Waals surface area contributed by atoms with Crippen LogP contribution in [0, 0.1) is 22.1 Å². The molecule has 3 atom stereocenters. The summed E-state index contributed by atoms with van der Waals surface area (Å²) in [5.41, 5.74) is 0.501. The van der Waals surface area contributed by atoms with Crippen molar-refractivity contribution in [1.29, 1.82) is 0 Å². The van der Waals surface area contributed by atoms with E-state index < -0.39 is 58.0 Å². The zero-order chi connectivity index (χ0) is 38.6. The van der Waals surface area contributed by atoms with Gasteiger partial charge in [-0.05, 0) is 52.6 Å². The number of amides is 2. The van der Waals surface area contributed by atoms with Crippen molar-refractivity contribution in [1.82, 2.24) is 14.5 Å². The molecule has 0 aliphatic heterocycles. The van der Waals surface area contributed by atoms with Gasteiger partial charge in [0.25, 0.3) is 0 Å². The summed E-state index contributed by atoms with van der Waals surface area (Å²) < 4.78 is 44.3. The van der Waals surface area contributed by atoms with Crippen molar-refractivity contribution in [3.05, 3.63) is 100 Å². The van der Waals surface area contributed by atoms with Crippen LogP contribution in [0.15, 0.2) is 82.9 Å². The second kappa shape index (κ2) is 18.7. The molecule has 52 heavy (non-hydrogen) atoms. The fourth-order valence-electron chi connectivity index (χ4n) is 5.61. The Bertz CT molecular complexity index is 1770. The summed E-state index contributed by atoms with van der Waals surface area (Å²) in [5.74, 6) is -1.50. The summed E-state index contributed by atoms with van der Waals surface area (Å²) in [4.78, 5) is 48.5. The van der Waals surface area contributed by atoms with Crippen LogP contribution in [-0.2, 0) is 39.1 Å². The second-order valence-corrected chi connectivity index (χ2v) is 16.0. The summed E-state index contributed by atoms with van der Waals surface area (Å²) in [5, 5.41) is 30.0. The van der Waals surface area contributed by atoms with Crippen LogP contribution in [0.3, 0.4) is 0 Å². The van der Waals surface area contributed by atoms with Gasteiger partial charge in [-0.1, -0.05) is 94.4 Å². The number of carboxylic acid groups (broad SMARTS) is 1. The molecule has 0 aliphatic rings. The highest BCUT2D eigenvalue weighted by atomic mass is 32.2. The minimum atomic E-state index is -4.14. The van der Waals surface area contributed by atoms with Crippen molar-refractivity contribution in [3.8, 4) is 0 Å². The average Bonchev–Trinajstić information content (AvgIpc) is 3.07. The van der Waals surface area contributed by atoms with Gasteiger partial charge in [-0.2, -0.15) is 9.21 Å². The van der Waals surface area contributed by atoms with E-state index in [0.717, 1.165) is 20.8 Å². The van der Waals surface area contributed by atoms with Crippen LogP contribution in [0.25, 0.3) is 0 Å². The van der Waals surface area contributed by atoms with Gasteiger partial charge in [0, 0.05) is 13.1 Å². The van der Waals surface area contributed by atoms with Crippen molar-refractivity contribution in [2.45, 2.75) is 77.2 Å². The van der Waals surface area contributed by atoms with Crippen molar-refractivity contribution < 1.29 is 37.4 Å². The molecule has 0 aliphatic carbocycles. The number of carbonyl (C=O) groups excluding carboxylic acids is 2. The highest BCUT2D eigenvalue weighted by Gasteiger charge is 2.37. The first-order valence-electron chi connectivity index (χ1n) is 16.8. The Morgan fingerprint density at radius 2 is 1.62 bits per heavy atom. The number of aliphatic hydroxyl groups is 1. The maximum absolute atomic E-state index is 15.4. The number of nitrogens with one attached hydrogen (secondary N) is 2. The third-order valence-corrected chi connectivity index (χ3v) is 10.1. The van der Waals surface area contributed by atoms with Crippen LogP contribution in [0.5, 0.6) is 0 Å². The summed E-state index contributed by atoms with van der Waals surface area (Å²) in [7, 11) is -4.14. The van der Waals surface area contributed by atoms with E-state index in [1.54, 1.807) is 32.9 Å². The van der Waals surface area contributed by atoms with Gasteiger partial charge >= 0.3 is 6.09 Å². The summed E-state index contributed by atoms with van der Waals surface area (Å²) >= 11 is 0. The number of aldehydes is 1. The minimum Gasteiger partial charge on any atom is -0.465 e. The molecular formula is C37H48FN5O8S. The quantitative estimate of drug-likeness (QED) is 0.0966. The first-order chi connectivity index (χ1) is 24.5. The standard InChI is InChI=1S/C37H48FN5O8S/c1-25(2)22-43(52(50,51)29-16-14-27(15-17-29)21-39-49)24-32(45)31(20-26-10-7-6-8-11-26)40-35(46)34(37(3,4)5)41-33-28(12-9-13-30(33)38)23-42(18-19-44)36(47)48/h6-17,19,25,31-32,34,41,45H,18,20-24H2,1-5H3,(H,40,46)(H,47,48)/t31-,32+,34+/m0/s1. The topological polar surface area (TPSA) is 186 Å². The molecule has 4 N–H and O–H groups in total. The number of nitroso groups, excluding NO2 is 1. The molecular weight excluding hydrogens is 693 g/mol. The fourth-order valence-corrected chi connectivity index (χ4v) is 7.23. The number of nitrogens with zero attached hydrogens (tertiary/aromatic N) is 3. The molecule has 0 aromatic heterocycles. The molecule has 0 fully saturated rings. The lowest BCUT2D eigenvalue weighted by Gasteiger charge is -2.35. The predicted molar refractivity (Wildman–Crippen MR) is 195 cm³/mol. The monoisotopic (exact) mass is 741 g/mol. The van der Waals surface area contributed by atoms with Crippen LogP contribution >= 0.6 is 0 Å². The average molecular weight is 742 g/mol. The van der Waals surface area contributed by atoms with E-state index in [9.17, 15) is 37.9 Å². The van der Waals surface area contributed by atoms with E-state index in [4.69, 9.17) is 0 Å². The number of rotatable bonds is 19. The number of carbonyl (C=O) groups is 3. The third kappa shape index (κ3) is 11.6. The lowest BCUT2D eigenvalue weighted by molar-refractivity contribution is -0.125. The van der Waals surface area contributed by atoms with Gasteiger partial charge in [-0.15, -0.1) is 0 Å². The molecule has 0 radical (unpaired) electrons. The van der Waals surface area contributed by atoms with Crippen LogP contribution in [0.1, 0.15) is 51.3 Å². The lowest BCUT2D eigenvalue weighted by atomic mass is 9.85. The molecule has 0 bridgehead atoms. The van der Waals surface area contributed by atoms with Gasteiger partial charge in [0.15, 0.2) is 0 Å². The van der Waals surface area contributed by atoms with Crippen LogP contribution in [0.4, 0.5) is 14.9 Å². The molecule has 282 valence electrons. The Kier molecular flexibility index (Phi) is 15.0. The number of hydrogen-bond donors (Lipinski definition) is 4. The molecule has 15 heteroatoms. The van der Waals surface area contributed by atoms with Gasteiger partial charge in [0.1, 0.15) is 24.7 Å². The zero-order valence-electron chi connectivity index (χ0n) is 30.0. The Morgan fingerprint density at radius 3 is 2.17 bits per heavy atom. The summed E-state index contributed by atoms with van der Waals surface area (Å²) in [6.45, 7) is 7.71. The number of aliphatic hydroxyl groups excluding tert-OH is 1. The predicted octanol–water partition coefficient (Wildman–Crippen LogP) is 5.03. The number of hydrogen-bond acceptors (Lipinski definition) is 9. The Hall–Kier alpha value is -4.73. The lowest BCUT2D eigenvalue weighted by Crippen LogP contribution is -2.56. The zero-order valence-corrected chi connectivity index (χ0v) is 30.8. The van der Waals surface area contributed by atoms with Crippen LogP contribution in [-0.4, -0.2) is 83.9 Å². The Morgan fingerprint density at radius 1 is 0.962 bits per heavy atom. The SMILES string of the molecule is CC(C)CN(C[C@@H](O)[C@H](Cc1ccccc1)NC(=O)[C@@H](Nc1c(F)cccc1CN(CC=O)C(=O)O)C(C)(C)C)S(=O)(=O)c1ccc(CN=O)cc1. The molecule has 0 saturated carbocycles. The molecule has 2 amide bonds. The van der Waals surface area contributed by atoms with Gasteiger partial charge in [0.2, 0.25) is 15.9 Å². The summed E-state index contributed by atoms with van der Waals surface area (Å²) in [6.07, 6.45) is -2.25. The molecule has 0 saturated heterocycles. The third-order valence-electron chi connectivity index (χ3n) is 8.30. The molecule has 3 aromatic carbocycles. The van der Waals surface area contributed by atoms with Crippen molar-refractivity contribution in [3.63, 3.8) is 0 Å². The van der Waals surface area contributed by atoms with Crippen molar-refractivity contribution in [2.24, 2.45) is 16.5 Å². The van der Waals surface area contributed by atoms with Crippen molar-refractivity contribution in [2.75, 3.05) is 25.0 Å². The van der Waals surface area contributed by atoms with Crippen LogP contribution in [0.2, 0.25) is 0 Å². The molecule has 13 nitrogen and oxygen atoms in total. The van der Waals surface area contributed by atoms with E-state index in [0.29, 0.717) is 11.8 Å². The molecule has 3 rings (SSSR count). The number of benzene rings is 3. The first kappa shape index (κ1) is 41.7. The van der Waals surface area contributed by atoms with Crippen LogP contribution < -0.4 is 10.6 Å². The minimum absolute atomic E-state index is 0.0362. The van der Waals surface area contributed by atoms with E-state index in [2.05, 4.69) is 15.8 Å². The van der Waals surface area contributed by atoms with E-state index in [-0.39, 0.29) is 54.7 Å². The number of anilines is 1. The van der Waals surface area contributed by atoms with Crippen molar-refractivity contribution >= 4 is 34.0 Å². The maximum atomic E-state index is 15.4. The molecule has 0 unspecified atom stereocenters. The molecule has 0 heterocycles. The second-order valence-electron chi connectivity index (χ2n) is 14.1. The number of halogens is 1. The number of sulfonamides is 1. The van der Waals surface area contributed by atoms with Gasteiger partial charge < -0.3 is 25.6 Å². The maximum Gasteiger partial charge on any atom is 0.407 e. The first-order valence-corrected chi connectivity index (χ1v) is 18.3. The van der Waals surface area contributed by atoms with E-state index in [1.165, 1.54) is 36.4 Å². The molecule has 0 spiro atoms. The highest BCUT2D eigenvalue weighted by molar-refractivity contribution is 7.89. The molecule has 3 aromatic rings. The van der Waals surface area contributed by atoms with E-state index >= 15 is 4.39 Å². The Labute approximate surface area is 304 Å². The van der Waals surface area contributed by atoms with Gasteiger partial charge in [-0.3, -0.25) is 9.69 Å². The smallest absolute Gasteiger partial charge is 0.407 e.